The molecule has 0 radical (unpaired) electrons. The molecule has 0 aromatic rings. The highest BCUT2D eigenvalue weighted by molar-refractivity contribution is 5.11. The highest BCUT2D eigenvalue weighted by Gasteiger charge is 2.54. The highest BCUT2D eigenvalue weighted by Crippen LogP contribution is 2.35. The summed E-state index contributed by atoms with van der Waals surface area (Å²) in [4.78, 5) is 3.96. The normalized spacial score (nSPS) is 45.1. The molecule has 25 atom stereocenters. The van der Waals surface area contributed by atoms with E-state index < -0.39 is 254 Å². The molecule has 24 N–H and O–H groups in total. The van der Waals surface area contributed by atoms with Gasteiger partial charge in [0.05, 0.1) is 19.3 Å². The molecule has 490 valence electrons. The van der Waals surface area contributed by atoms with Crippen molar-refractivity contribution in [2.24, 2.45) is 0 Å². The molecule has 9 aliphatic heterocycles. The van der Waals surface area contributed by atoms with Crippen LogP contribution in [0.4, 0.5) is 0 Å². The first kappa shape index (κ1) is 71.6. The predicted octanol–water partition coefficient (Wildman–Crippen LogP) is -9.83. The second-order valence-corrected chi connectivity index (χ2v) is 20.3. The number of ether oxygens (including phenoxy) is 10. The third kappa shape index (κ3) is 17.6. The van der Waals surface area contributed by atoms with Crippen LogP contribution in [0.15, 0.2) is 34.6 Å². The lowest BCUT2D eigenvalue weighted by Crippen LogP contribution is -2.66. The van der Waals surface area contributed by atoms with E-state index in [0.29, 0.717) is 32.7 Å². The third-order valence-corrected chi connectivity index (χ3v) is 14.7. The van der Waals surface area contributed by atoms with E-state index in [2.05, 4.69) is 4.90 Å². The molecule has 9 aliphatic rings. The lowest BCUT2D eigenvalue weighted by Gasteiger charge is -2.48. The molecule has 25 unspecified atom stereocenters. The zero-order valence-corrected chi connectivity index (χ0v) is 45.5. The van der Waals surface area contributed by atoms with Crippen LogP contribution in [-0.2, 0) is 47.4 Å². The van der Waals surface area contributed by atoms with Gasteiger partial charge in [-0.1, -0.05) is 6.92 Å². The van der Waals surface area contributed by atoms with E-state index in [1.807, 2.05) is 11.8 Å². The van der Waals surface area contributed by atoms with Gasteiger partial charge in [0.1, 0.15) is 104 Å². The van der Waals surface area contributed by atoms with E-state index in [9.17, 15) is 123 Å². The van der Waals surface area contributed by atoms with Gasteiger partial charge in [0.2, 0.25) is 18.9 Å². The molecular weight excluding hydrogens is 1150 g/mol. The molecule has 0 saturated carbocycles. The summed E-state index contributed by atoms with van der Waals surface area (Å²) >= 11 is 0. The fraction of sp³-hybridized carbons (Fsp3) is 0.875. The zero-order valence-electron chi connectivity index (χ0n) is 45.5. The van der Waals surface area contributed by atoms with Crippen LogP contribution < -0.4 is 0 Å². The van der Waals surface area contributed by atoms with Crippen molar-refractivity contribution >= 4 is 0 Å². The van der Waals surface area contributed by atoms with Gasteiger partial charge in [-0.3, -0.25) is 4.90 Å². The fourth-order valence-corrected chi connectivity index (χ4v) is 9.79. The van der Waals surface area contributed by atoms with E-state index in [1.54, 1.807) is 0 Å². The maximum atomic E-state index is 11.8. The molecule has 4 saturated heterocycles. The second-order valence-electron chi connectivity index (χ2n) is 20.3. The van der Waals surface area contributed by atoms with Crippen molar-refractivity contribution in [3.63, 3.8) is 0 Å². The first-order chi connectivity index (χ1) is 39.8. The molecule has 9 heterocycles. The zero-order chi connectivity index (χ0) is 62.4. The van der Waals surface area contributed by atoms with Gasteiger partial charge < -0.3 is 175 Å². The van der Waals surface area contributed by atoms with Crippen LogP contribution in [0, 0.1) is 0 Å². The van der Waals surface area contributed by atoms with Crippen LogP contribution in [-0.4, -0.2) is 365 Å². The number of rotatable bonds is 13. The van der Waals surface area contributed by atoms with E-state index in [-0.39, 0.29) is 6.54 Å². The smallest absolute Gasteiger partial charge is 0.218 e. The monoisotopic (exact) mass is 1230 g/mol. The summed E-state index contributed by atoms with van der Waals surface area (Å²) in [6.45, 7) is -1.42. The number of hydrogen-bond donors (Lipinski definition) is 24. The third-order valence-electron chi connectivity index (χ3n) is 14.7. The van der Waals surface area contributed by atoms with E-state index in [0.717, 1.165) is 0 Å². The number of piperazine rings is 1. The van der Waals surface area contributed by atoms with Crippen LogP contribution in [0.25, 0.3) is 0 Å². The number of fused-ring (bicyclic) bond motifs is 1. The van der Waals surface area contributed by atoms with E-state index in [4.69, 9.17) is 47.4 Å². The van der Waals surface area contributed by atoms with E-state index >= 15 is 0 Å². The molecule has 36 nitrogen and oxygen atoms in total. The SMILES string of the molecule is CCN1CCN(CC2OC3OC(CCO)/C(O)=C(/O)C(O)OC(CCO)C(O)C(O)C(O)OC(CCO)/C(O)=C(/O)C(O)OC4C(CO)OC(OC(CCO)/C(O)=C(/O)C(O)OC5C(CO)OC(OC2C(O)C3O)C(O)C5O)C(O)C4O)CC1. The van der Waals surface area contributed by atoms with Crippen molar-refractivity contribution in [3.8, 4) is 0 Å². The average Bonchev–Trinajstić information content (AvgIpc) is 2.12. The molecule has 0 aliphatic carbocycles. The van der Waals surface area contributed by atoms with Crippen LogP contribution in [0.5, 0.6) is 0 Å². The van der Waals surface area contributed by atoms with Crippen LogP contribution >= 0.6 is 0 Å². The van der Waals surface area contributed by atoms with Crippen molar-refractivity contribution in [1.29, 1.82) is 0 Å². The Morgan fingerprint density at radius 2 is 0.679 bits per heavy atom. The van der Waals surface area contributed by atoms with Gasteiger partial charge in [0.25, 0.3) is 0 Å². The average molecular weight is 1230 g/mol. The summed E-state index contributed by atoms with van der Waals surface area (Å²) in [6.07, 6.45) is -57.8. The summed E-state index contributed by atoms with van der Waals surface area (Å²) in [5, 5.41) is 261. The molecule has 0 aromatic carbocycles. The first-order valence-electron chi connectivity index (χ1n) is 27.0. The van der Waals surface area contributed by atoms with Gasteiger partial charge in [0, 0.05) is 78.4 Å². The summed E-state index contributed by atoms with van der Waals surface area (Å²) in [7, 11) is 0. The topological polar surface area (TPSA) is 584 Å². The summed E-state index contributed by atoms with van der Waals surface area (Å²) in [5.74, 6) is -8.81. The predicted molar refractivity (Wildman–Crippen MR) is 269 cm³/mol. The summed E-state index contributed by atoms with van der Waals surface area (Å²) < 4.78 is 55.7. The van der Waals surface area contributed by atoms with Crippen LogP contribution in [0.3, 0.4) is 0 Å². The van der Waals surface area contributed by atoms with Gasteiger partial charge in [-0.2, -0.15) is 0 Å². The lowest BCUT2D eigenvalue weighted by molar-refractivity contribution is -0.367. The second kappa shape index (κ2) is 33.4. The minimum Gasteiger partial charge on any atom is -0.506 e. The van der Waals surface area contributed by atoms with Crippen molar-refractivity contribution in [1.82, 2.24) is 9.80 Å². The number of aliphatic hydroxyl groups excluding tert-OH is 24. The largest absolute Gasteiger partial charge is 0.506 e. The molecule has 0 aromatic heterocycles. The molecule has 84 heavy (non-hydrogen) atoms. The minimum absolute atomic E-state index is 0.145. The summed E-state index contributed by atoms with van der Waals surface area (Å²) in [5.41, 5.74) is 0. The van der Waals surface area contributed by atoms with E-state index in [1.165, 1.54) is 0 Å². The van der Waals surface area contributed by atoms with Crippen molar-refractivity contribution < 1.29 is 170 Å². The number of aliphatic hydroxyl groups is 24. The van der Waals surface area contributed by atoms with Gasteiger partial charge >= 0.3 is 0 Å². The van der Waals surface area contributed by atoms with Crippen LogP contribution in [0.1, 0.15) is 32.6 Å². The van der Waals surface area contributed by atoms with Crippen molar-refractivity contribution in [3.05, 3.63) is 34.6 Å². The maximum Gasteiger partial charge on any atom is 0.218 e. The van der Waals surface area contributed by atoms with Gasteiger partial charge in [-0.15, -0.1) is 0 Å². The molecule has 9 rings (SSSR count). The van der Waals surface area contributed by atoms with Gasteiger partial charge in [-0.25, -0.2) is 0 Å². The Morgan fingerprint density at radius 3 is 1.06 bits per heavy atom. The van der Waals surface area contributed by atoms with Crippen molar-refractivity contribution in [2.45, 2.75) is 187 Å². The molecule has 0 amide bonds. The highest BCUT2D eigenvalue weighted by atomic mass is 16.8. The Hall–Kier alpha value is -3.18. The minimum atomic E-state index is -2.78. The fourth-order valence-electron chi connectivity index (χ4n) is 9.79. The van der Waals surface area contributed by atoms with Gasteiger partial charge in [-0.05, 0) is 13.0 Å². The standard InChI is InChI=1S/C48H84N2O34/c1-2-49-7-9-50(10-8-49)15-22-39-29(61)36(68)46(79-22)77-20(5-13-53)27(59)33(65)43(72)75-18(3-11-51)25(57)32(64)42(71)76-19(4-12-52)26(58)34(66)44(73)82-40-23(16-55)80-47(37(69)30(40)62)78-21(6-14-54)28(60)35(67)45(74)83-41-24(17-56)81-48(84-39)38(70)31(41)63/h18-25,29-32,36-48,51-74H,2-17H2,1H3/b33-27-,34-26-,35-28-. The maximum absolute atomic E-state index is 11.8. The lowest BCUT2D eigenvalue weighted by atomic mass is 9.96. The van der Waals surface area contributed by atoms with Gasteiger partial charge in [0.15, 0.2) is 59.7 Å². The summed E-state index contributed by atoms with van der Waals surface area (Å²) in [6, 6.07) is 0. The first-order valence-corrected chi connectivity index (χ1v) is 27.0. The molecular formula is C48H84N2O34. The Morgan fingerprint density at radius 1 is 0.333 bits per heavy atom. The Bertz CT molecular complexity index is 2050. The number of hydrogen-bond acceptors (Lipinski definition) is 36. The Labute approximate surface area is 479 Å². The Balaban J connectivity index is 1.56. The Kier molecular flexibility index (Phi) is 28.5. The molecule has 6 bridgehead atoms. The molecule has 0 spiro atoms. The number of nitrogens with zero attached hydrogens (tertiary/aromatic N) is 2. The quantitative estimate of drug-likeness (QED) is 0.0814. The van der Waals surface area contributed by atoms with Crippen molar-refractivity contribution in [2.75, 3.05) is 78.9 Å². The molecule has 4 fully saturated rings. The van der Waals surface area contributed by atoms with Crippen LogP contribution in [0.2, 0.25) is 0 Å². The number of likely N-dealkylation sites (N-methyl/N-ethyl adjacent to an activating group) is 1. The molecule has 36 heteroatoms.